The first-order valence-corrected chi connectivity index (χ1v) is 6.46. The molecule has 0 aliphatic rings. The van der Waals surface area contributed by atoms with Gasteiger partial charge in [0.05, 0.1) is 7.11 Å². The van der Waals surface area contributed by atoms with E-state index in [4.69, 9.17) is 9.47 Å². The van der Waals surface area contributed by atoms with Crippen molar-refractivity contribution in [3.8, 4) is 11.6 Å². The van der Waals surface area contributed by atoms with Crippen molar-refractivity contribution in [3.05, 3.63) is 66.4 Å². The lowest BCUT2D eigenvalue weighted by Crippen LogP contribution is -1.97. The number of hydrogen-bond donors (Lipinski definition) is 0. The van der Waals surface area contributed by atoms with Crippen molar-refractivity contribution >= 4 is 10.8 Å². The van der Waals surface area contributed by atoms with Crippen molar-refractivity contribution in [2.45, 2.75) is 6.61 Å². The van der Waals surface area contributed by atoms with E-state index in [9.17, 15) is 0 Å². The van der Waals surface area contributed by atoms with E-state index in [1.807, 2.05) is 54.6 Å². The molecular weight excluding hydrogens is 250 g/mol. The molecule has 3 nitrogen and oxygen atoms in total. The summed E-state index contributed by atoms with van der Waals surface area (Å²) in [6, 6.07) is 17.9. The van der Waals surface area contributed by atoms with Gasteiger partial charge in [0.1, 0.15) is 12.4 Å². The van der Waals surface area contributed by atoms with Gasteiger partial charge in [-0.2, -0.15) is 0 Å². The zero-order valence-electron chi connectivity index (χ0n) is 11.2. The smallest absolute Gasteiger partial charge is 0.221 e. The average molecular weight is 265 g/mol. The number of hydrogen-bond acceptors (Lipinski definition) is 3. The fourth-order valence-corrected chi connectivity index (χ4v) is 2.10. The Hall–Kier alpha value is -2.55. The first kappa shape index (κ1) is 12.5. The third kappa shape index (κ3) is 2.57. The molecule has 0 spiro atoms. The molecule has 0 atom stereocenters. The molecule has 0 unspecified atom stereocenters. The number of ether oxygens (including phenoxy) is 2. The normalized spacial score (nSPS) is 10.4. The van der Waals surface area contributed by atoms with Crippen LogP contribution in [-0.4, -0.2) is 12.1 Å². The maximum Gasteiger partial charge on any atom is 0.221 e. The summed E-state index contributed by atoms with van der Waals surface area (Å²) in [7, 11) is 1.66. The van der Waals surface area contributed by atoms with Crippen LogP contribution in [0.2, 0.25) is 0 Å². The van der Waals surface area contributed by atoms with Crippen LogP contribution < -0.4 is 9.47 Å². The fraction of sp³-hybridized carbons (Fsp3) is 0.118. The van der Waals surface area contributed by atoms with E-state index in [0.717, 1.165) is 22.1 Å². The van der Waals surface area contributed by atoms with E-state index < -0.39 is 0 Å². The highest BCUT2D eigenvalue weighted by atomic mass is 16.5. The van der Waals surface area contributed by atoms with Gasteiger partial charge in [0.2, 0.25) is 5.88 Å². The first-order valence-electron chi connectivity index (χ1n) is 6.46. The van der Waals surface area contributed by atoms with E-state index in [2.05, 4.69) is 4.98 Å². The lowest BCUT2D eigenvalue weighted by atomic mass is 10.1. The molecule has 100 valence electrons. The highest BCUT2D eigenvalue weighted by Crippen LogP contribution is 2.27. The maximum atomic E-state index is 5.83. The molecule has 3 heteroatoms. The Morgan fingerprint density at radius 1 is 1.00 bits per heavy atom. The van der Waals surface area contributed by atoms with Crippen LogP contribution in [0.3, 0.4) is 0 Å². The van der Waals surface area contributed by atoms with Crippen LogP contribution in [0.1, 0.15) is 5.56 Å². The Morgan fingerprint density at radius 3 is 2.65 bits per heavy atom. The van der Waals surface area contributed by atoms with E-state index in [1.165, 1.54) is 0 Å². The van der Waals surface area contributed by atoms with Crippen molar-refractivity contribution in [3.63, 3.8) is 0 Å². The molecule has 1 aromatic heterocycles. The molecule has 0 amide bonds. The second-order valence-electron chi connectivity index (χ2n) is 4.48. The number of rotatable bonds is 4. The van der Waals surface area contributed by atoms with E-state index in [0.29, 0.717) is 12.5 Å². The summed E-state index contributed by atoms with van der Waals surface area (Å²) >= 11 is 0. The molecule has 0 aliphatic carbocycles. The Bertz CT molecular complexity index is 711. The minimum atomic E-state index is 0.513. The van der Waals surface area contributed by atoms with Gasteiger partial charge in [0.25, 0.3) is 0 Å². The van der Waals surface area contributed by atoms with Gasteiger partial charge in [0, 0.05) is 11.6 Å². The van der Waals surface area contributed by atoms with Crippen molar-refractivity contribution < 1.29 is 9.47 Å². The second kappa shape index (κ2) is 5.61. The minimum Gasteiger partial charge on any atom is -0.497 e. The molecular formula is C17H15NO2. The molecule has 0 bridgehead atoms. The number of aromatic nitrogens is 1. The summed E-state index contributed by atoms with van der Waals surface area (Å²) < 4.78 is 11.1. The van der Waals surface area contributed by atoms with Gasteiger partial charge in [-0.05, 0) is 35.2 Å². The van der Waals surface area contributed by atoms with Gasteiger partial charge >= 0.3 is 0 Å². The molecule has 2 aromatic carbocycles. The number of benzene rings is 2. The molecule has 0 radical (unpaired) electrons. The average Bonchev–Trinajstić information content (AvgIpc) is 2.53. The third-order valence-electron chi connectivity index (χ3n) is 3.15. The van der Waals surface area contributed by atoms with Gasteiger partial charge in [-0.15, -0.1) is 0 Å². The molecule has 0 fully saturated rings. The molecule has 3 rings (SSSR count). The van der Waals surface area contributed by atoms with Crippen LogP contribution in [0, 0.1) is 0 Å². The predicted molar refractivity (Wildman–Crippen MR) is 79.1 cm³/mol. The number of pyridine rings is 1. The van der Waals surface area contributed by atoms with E-state index >= 15 is 0 Å². The Morgan fingerprint density at radius 2 is 1.85 bits per heavy atom. The Balaban J connectivity index is 1.88. The van der Waals surface area contributed by atoms with Gasteiger partial charge in [-0.3, -0.25) is 0 Å². The van der Waals surface area contributed by atoms with Crippen LogP contribution >= 0.6 is 0 Å². The standard InChI is InChI=1S/C17H15NO2/c1-19-15-7-8-16-14(11-15)9-10-18-17(16)20-12-13-5-3-2-4-6-13/h2-11H,12H2,1H3. The summed E-state index contributed by atoms with van der Waals surface area (Å²) in [5.74, 6) is 1.48. The van der Waals surface area contributed by atoms with Crippen LogP contribution in [0.15, 0.2) is 60.8 Å². The highest BCUT2D eigenvalue weighted by Gasteiger charge is 2.05. The Labute approximate surface area is 117 Å². The predicted octanol–water partition coefficient (Wildman–Crippen LogP) is 3.82. The van der Waals surface area contributed by atoms with Crippen LogP contribution in [0.5, 0.6) is 11.6 Å². The molecule has 0 aliphatic heterocycles. The summed E-state index contributed by atoms with van der Waals surface area (Å²) in [6.45, 7) is 0.513. The minimum absolute atomic E-state index is 0.513. The summed E-state index contributed by atoms with van der Waals surface area (Å²) in [6.07, 6.45) is 1.75. The van der Waals surface area contributed by atoms with Gasteiger partial charge in [0.15, 0.2) is 0 Å². The largest absolute Gasteiger partial charge is 0.497 e. The fourth-order valence-electron chi connectivity index (χ4n) is 2.10. The molecule has 0 N–H and O–H groups in total. The summed E-state index contributed by atoms with van der Waals surface area (Å²) in [4.78, 5) is 4.31. The number of fused-ring (bicyclic) bond motifs is 1. The first-order chi connectivity index (χ1) is 9.86. The van der Waals surface area contributed by atoms with Crippen molar-refractivity contribution in [1.82, 2.24) is 4.98 Å². The second-order valence-corrected chi connectivity index (χ2v) is 4.48. The van der Waals surface area contributed by atoms with E-state index in [-0.39, 0.29) is 0 Å². The topological polar surface area (TPSA) is 31.4 Å². The summed E-state index contributed by atoms with van der Waals surface area (Å²) in [5.41, 5.74) is 1.12. The molecule has 1 heterocycles. The monoisotopic (exact) mass is 265 g/mol. The Kier molecular flexibility index (Phi) is 3.50. The van der Waals surface area contributed by atoms with Crippen LogP contribution in [-0.2, 0) is 6.61 Å². The maximum absolute atomic E-state index is 5.83. The molecule has 3 aromatic rings. The zero-order valence-corrected chi connectivity index (χ0v) is 11.2. The molecule has 20 heavy (non-hydrogen) atoms. The van der Waals surface area contributed by atoms with Crippen LogP contribution in [0.25, 0.3) is 10.8 Å². The van der Waals surface area contributed by atoms with Crippen molar-refractivity contribution in [2.75, 3.05) is 7.11 Å². The van der Waals surface area contributed by atoms with Gasteiger partial charge < -0.3 is 9.47 Å². The SMILES string of the molecule is COc1ccc2c(OCc3ccccc3)nccc2c1. The molecule has 0 saturated heterocycles. The number of methoxy groups -OCH3 is 1. The zero-order chi connectivity index (χ0) is 13.8. The highest BCUT2D eigenvalue weighted by molar-refractivity contribution is 5.87. The summed E-state index contributed by atoms with van der Waals surface area (Å²) in [5, 5.41) is 2.05. The molecule has 0 saturated carbocycles. The van der Waals surface area contributed by atoms with Crippen LogP contribution in [0.4, 0.5) is 0 Å². The lowest BCUT2D eigenvalue weighted by Gasteiger charge is -2.09. The third-order valence-corrected chi connectivity index (χ3v) is 3.15. The van der Waals surface area contributed by atoms with Crippen molar-refractivity contribution in [1.29, 1.82) is 0 Å². The van der Waals surface area contributed by atoms with Gasteiger partial charge in [-0.1, -0.05) is 30.3 Å². The quantitative estimate of drug-likeness (QED) is 0.718. The van der Waals surface area contributed by atoms with Gasteiger partial charge in [-0.25, -0.2) is 4.98 Å². The number of nitrogens with zero attached hydrogens (tertiary/aromatic N) is 1. The van der Waals surface area contributed by atoms with Crippen molar-refractivity contribution in [2.24, 2.45) is 0 Å². The van der Waals surface area contributed by atoms with E-state index in [1.54, 1.807) is 13.3 Å². The lowest BCUT2D eigenvalue weighted by molar-refractivity contribution is 0.298.